The molecule has 2 heteroatoms. The van der Waals surface area contributed by atoms with E-state index in [2.05, 4.69) is 5.92 Å². The van der Waals surface area contributed by atoms with Gasteiger partial charge in [-0.25, -0.2) is 0 Å². The summed E-state index contributed by atoms with van der Waals surface area (Å²) >= 11 is 5.87. The Morgan fingerprint density at radius 1 is 1.12 bits per heavy atom. The van der Waals surface area contributed by atoms with Crippen LogP contribution in [0.3, 0.4) is 0 Å². The summed E-state index contributed by atoms with van der Waals surface area (Å²) in [5.74, 6) is 3.42. The maximum Gasteiger partial charge on any atom is 0.126 e. The highest BCUT2D eigenvalue weighted by atomic mass is 35.5. The van der Waals surface area contributed by atoms with Gasteiger partial charge in [-0.3, -0.25) is 0 Å². The summed E-state index contributed by atoms with van der Waals surface area (Å²) in [5, 5.41) is 0.709. The van der Waals surface area contributed by atoms with Crippen LogP contribution in [0.15, 0.2) is 42.5 Å². The summed E-state index contributed by atoms with van der Waals surface area (Å²) in [6.45, 7) is 0. The molecule has 2 rings (SSSR count). The lowest BCUT2D eigenvalue weighted by molar-refractivity contribution is 0.416. The zero-order valence-corrected chi connectivity index (χ0v) is 10.2. The highest BCUT2D eigenvalue weighted by molar-refractivity contribution is 6.30. The fraction of sp³-hybridized carbons (Fsp3) is 0.0667. The molecule has 0 aliphatic carbocycles. The molecule has 0 N–H and O–H groups in total. The van der Waals surface area contributed by atoms with Crippen molar-refractivity contribution in [2.75, 3.05) is 7.11 Å². The summed E-state index contributed by atoms with van der Waals surface area (Å²) < 4.78 is 5.33. The van der Waals surface area contributed by atoms with Crippen LogP contribution in [0.2, 0.25) is 5.02 Å². The molecule has 84 valence electrons. The van der Waals surface area contributed by atoms with Gasteiger partial charge < -0.3 is 4.74 Å². The second kappa shape index (κ2) is 4.95. The summed E-state index contributed by atoms with van der Waals surface area (Å²) in [6.07, 6.45) is 5.40. The van der Waals surface area contributed by atoms with Gasteiger partial charge in [-0.1, -0.05) is 29.7 Å². The van der Waals surface area contributed by atoms with Crippen molar-refractivity contribution in [2.24, 2.45) is 0 Å². The van der Waals surface area contributed by atoms with Gasteiger partial charge >= 0.3 is 0 Å². The molecule has 2 aromatic rings. The van der Waals surface area contributed by atoms with Gasteiger partial charge in [0.1, 0.15) is 5.75 Å². The van der Waals surface area contributed by atoms with Crippen molar-refractivity contribution in [3.63, 3.8) is 0 Å². The van der Waals surface area contributed by atoms with Crippen LogP contribution in [0, 0.1) is 12.3 Å². The third-order valence-electron chi connectivity index (χ3n) is 2.52. The summed E-state index contributed by atoms with van der Waals surface area (Å²) in [6, 6.07) is 13.2. The van der Waals surface area contributed by atoms with Crippen LogP contribution in [0.5, 0.6) is 5.75 Å². The van der Waals surface area contributed by atoms with Gasteiger partial charge in [-0.15, -0.1) is 6.42 Å². The number of terminal acetylenes is 1. The van der Waals surface area contributed by atoms with E-state index in [1.54, 1.807) is 7.11 Å². The molecule has 17 heavy (non-hydrogen) atoms. The van der Waals surface area contributed by atoms with Gasteiger partial charge in [0.2, 0.25) is 0 Å². The van der Waals surface area contributed by atoms with Crippen LogP contribution in [0.4, 0.5) is 0 Å². The Labute approximate surface area is 106 Å². The number of hydrogen-bond acceptors (Lipinski definition) is 1. The Morgan fingerprint density at radius 2 is 1.82 bits per heavy atom. The SMILES string of the molecule is C#Cc1ccc(OC)c(-c2ccc(Cl)cc2)c1. The van der Waals surface area contributed by atoms with E-state index >= 15 is 0 Å². The smallest absolute Gasteiger partial charge is 0.126 e. The average molecular weight is 243 g/mol. The Balaban J connectivity index is 2.56. The summed E-state index contributed by atoms with van der Waals surface area (Å²) in [7, 11) is 1.64. The lowest BCUT2D eigenvalue weighted by atomic mass is 10.0. The summed E-state index contributed by atoms with van der Waals surface area (Å²) in [5.41, 5.74) is 2.83. The fourth-order valence-electron chi connectivity index (χ4n) is 1.65. The molecule has 0 fully saturated rings. The molecule has 0 aliphatic heterocycles. The van der Waals surface area contributed by atoms with Crippen LogP contribution >= 0.6 is 11.6 Å². The Hall–Kier alpha value is -1.91. The molecule has 1 nitrogen and oxygen atoms in total. The Bertz CT molecular complexity index is 564. The normalized spacial score (nSPS) is 9.71. The second-order valence-electron chi connectivity index (χ2n) is 3.57. The number of hydrogen-bond donors (Lipinski definition) is 0. The molecular weight excluding hydrogens is 232 g/mol. The fourth-order valence-corrected chi connectivity index (χ4v) is 1.78. The molecule has 0 spiro atoms. The first kappa shape index (κ1) is 11.6. The van der Waals surface area contributed by atoms with Crippen LogP contribution in [0.25, 0.3) is 11.1 Å². The molecule has 0 heterocycles. The largest absolute Gasteiger partial charge is 0.496 e. The quantitative estimate of drug-likeness (QED) is 0.724. The van der Waals surface area contributed by atoms with Crippen molar-refractivity contribution < 1.29 is 4.74 Å². The van der Waals surface area contributed by atoms with E-state index in [1.165, 1.54) is 0 Å². The molecule has 0 saturated carbocycles. The Kier molecular flexibility index (Phi) is 3.37. The van der Waals surface area contributed by atoms with Crippen molar-refractivity contribution in [1.82, 2.24) is 0 Å². The molecule has 0 radical (unpaired) electrons. The lowest BCUT2D eigenvalue weighted by Crippen LogP contribution is -1.89. The van der Waals surface area contributed by atoms with Gasteiger partial charge in [-0.05, 0) is 35.9 Å². The molecule has 0 unspecified atom stereocenters. The highest BCUT2D eigenvalue weighted by Gasteiger charge is 2.06. The predicted molar refractivity (Wildman–Crippen MR) is 71.4 cm³/mol. The van der Waals surface area contributed by atoms with E-state index < -0.39 is 0 Å². The van der Waals surface area contributed by atoms with E-state index in [4.69, 9.17) is 22.8 Å². The van der Waals surface area contributed by atoms with Gasteiger partial charge in [0.25, 0.3) is 0 Å². The lowest BCUT2D eigenvalue weighted by Gasteiger charge is -2.09. The molecule has 0 bridgehead atoms. The molecule has 0 amide bonds. The van der Waals surface area contributed by atoms with E-state index in [0.717, 1.165) is 22.4 Å². The van der Waals surface area contributed by atoms with Crippen LogP contribution < -0.4 is 4.74 Å². The Morgan fingerprint density at radius 3 is 2.41 bits per heavy atom. The predicted octanol–water partition coefficient (Wildman–Crippen LogP) is 4.00. The molecule has 0 aliphatic rings. The number of benzene rings is 2. The third-order valence-corrected chi connectivity index (χ3v) is 2.77. The van der Waals surface area contributed by atoms with E-state index in [9.17, 15) is 0 Å². The third kappa shape index (κ3) is 2.43. The van der Waals surface area contributed by atoms with Crippen molar-refractivity contribution in [2.45, 2.75) is 0 Å². The van der Waals surface area contributed by atoms with Crippen LogP contribution in [0.1, 0.15) is 5.56 Å². The van der Waals surface area contributed by atoms with Gasteiger partial charge in [0, 0.05) is 16.1 Å². The zero-order chi connectivity index (χ0) is 12.3. The first-order chi connectivity index (χ1) is 8.24. The van der Waals surface area contributed by atoms with Gasteiger partial charge in [0.15, 0.2) is 0 Å². The van der Waals surface area contributed by atoms with Crippen molar-refractivity contribution in [3.05, 3.63) is 53.1 Å². The number of halogens is 1. The number of methoxy groups -OCH3 is 1. The highest BCUT2D eigenvalue weighted by Crippen LogP contribution is 2.31. The maximum absolute atomic E-state index is 5.87. The minimum absolute atomic E-state index is 0.709. The minimum atomic E-state index is 0.709. The molecule has 0 aromatic heterocycles. The topological polar surface area (TPSA) is 9.23 Å². The number of rotatable bonds is 2. The minimum Gasteiger partial charge on any atom is -0.496 e. The summed E-state index contributed by atoms with van der Waals surface area (Å²) in [4.78, 5) is 0. The average Bonchev–Trinajstić information content (AvgIpc) is 2.39. The number of ether oxygens (including phenoxy) is 1. The molecule has 2 aromatic carbocycles. The van der Waals surface area contributed by atoms with Crippen LogP contribution in [-0.2, 0) is 0 Å². The first-order valence-corrected chi connectivity index (χ1v) is 5.53. The van der Waals surface area contributed by atoms with E-state index in [-0.39, 0.29) is 0 Å². The maximum atomic E-state index is 5.87. The van der Waals surface area contributed by atoms with Crippen molar-refractivity contribution in [1.29, 1.82) is 0 Å². The van der Waals surface area contributed by atoms with E-state index in [1.807, 2.05) is 42.5 Å². The zero-order valence-electron chi connectivity index (χ0n) is 9.41. The van der Waals surface area contributed by atoms with Crippen molar-refractivity contribution >= 4 is 11.6 Å². The van der Waals surface area contributed by atoms with Gasteiger partial charge in [0.05, 0.1) is 7.11 Å². The first-order valence-electron chi connectivity index (χ1n) is 5.15. The van der Waals surface area contributed by atoms with E-state index in [0.29, 0.717) is 5.02 Å². The monoisotopic (exact) mass is 242 g/mol. The van der Waals surface area contributed by atoms with Gasteiger partial charge in [-0.2, -0.15) is 0 Å². The second-order valence-corrected chi connectivity index (χ2v) is 4.00. The molecule has 0 saturated heterocycles. The molecule has 0 atom stereocenters. The van der Waals surface area contributed by atoms with Crippen molar-refractivity contribution in [3.8, 4) is 29.2 Å². The standard InChI is InChI=1S/C15H11ClO/c1-3-11-4-9-15(17-2)14(10-11)12-5-7-13(16)8-6-12/h1,4-10H,2H3. The molecular formula is C15H11ClO. The van der Waals surface area contributed by atoms with Crippen LogP contribution in [-0.4, -0.2) is 7.11 Å².